The number of rotatable bonds is 6. The molecule has 118 valence electrons. The molecule has 0 saturated carbocycles. The summed E-state index contributed by atoms with van der Waals surface area (Å²) in [7, 11) is 0. The van der Waals surface area contributed by atoms with E-state index in [1.54, 1.807) is 6.26 Å². The van der Waals surface area contributed by atoms with Crippen LogP contribution in [-0.2, 0) is 30.7 Å². The molecule has 0 fully saturated rings. The molecular formula is C15H21N5O2. The van der Waals surface area contributed by atoms with Gasteiger partial charge in [-0.2, -0.15) is 5.10 Å². The van der Waals surface area contributed by atoms with Gasteiger partial charge in [-0.25, -0.2) is 9.67 Å². The molecule has 1 amide bonds. The van der Waals surface area contributed by atoms with Crippen molar-refractivity contribution >= 4 is 5.91 Å². The maximum Gasteiger partial charge on any atom is 0.234 e. The number of furan rings is 1. The minimum absolute atomic E-state index is 0.0324. The lowest BCUT2D eigenvalue weighted by Crippen LogP contribution is -2.43. The molecule has 0 saturated heterocycles. The van der Waals surface area contributed by atoms with E-state index in [4.69, 9.17) is 4.42 Å². The molecule has 7 heteroatoms. The summed E-state index contributed by atoms with van der Waals surface area (Å²) >= 11 is 0. The zero-order valence-electron chi connectivity index (χ0n) is 12.7. The maximum atomic E-state index is 11.8. The Hall–Kier alpha value is -2.15. The van der Waals surface area contributed by atoms with Crippen molar-refractivity contribution in [3.05, 3.63) is 35.8 Å². The molecule has 22 heavy (non-hydrogen) atoms. The van der Waals surface area contributed by atoms with Crippen molar-refractivity contribution in [2.24, 2.45) is 0 Å². The van der Waals surface area contributed by atoms with Crippen molar-refractivity contribution in [3.8, 4) is 0 Å². The second kappa shape index (κ2) is 6.74. The van der Waals surface area contributed by atoms with Gasteiger partial charge in [-0.15, -0.1) is 0 Å². The van der Waals surface area contributed by atoms with Gasteiger partial charge in [0.25, 0.3) is 0 Å². The van der Waals surface area contributed by atoms with E-state index in [1.165, 1.54) is 0 Å². The number of hydrogen-bond acceptors (Lipinski definition) is 5. The number of fused-ring (bicyclic) bond motifs is 1. The average Bonchev–Trinajstić information content (AvgIpc) is 3.19. The number of carbonyl (C=O) groups excluding carboxylic acids is 1. The molecule has 0 aromatic carbocycles. The highest BCUT2D eigenvalue weighted by Crippen LogP contribution is 2.13. The molecule has 7 nitrogen and oxygen atoms in total. The first kappa shape index (κ1) is 14.8. The third kappa shape index (κ3) is 3.54. The van der Waals surface area contributed by atoms with Crippen LogP contribution >= 0.6 is 0 Å². The minimum atomic E-state index is -0.0324. The molecule has 2 aromatic heterocycles. The van der Waals surface area contributed by atoms with Gasteiger partial charge in [-0.05, 0) is 18.6 Å². The third-order valence-electron chi connectivity index (χ3n) is 3.81. The van der Waals surface area contributed by atoms with Gasteiger partial charge >= 0.3 is 0 Å². The highest BCUT2D eigenvalue weighted by atomic mass is 16.3. The van der Waals surface area contributed by atoms with Crippen LogP contribution in [0, 0.1) is 0 Å². The normalized spacial score (nSPS) is 17.2. The van der Waals surface area contributed by atoms with Gasteiger partial charge in [0.1, 0.15) is 11.6 Å². The van der Waals surface area contributed by atoms with Crippen LogP contribution < -0.4 is 10.6 Å². The molecule has 0 radical (unpaired) electrons. The fourth-order valence-corrected chi connectivity index (χ4v) is 2.58. The highest BCUT2D eigenvalue weighted by molar-refractivity contribution is 5.77. The molecule has 1 aliphatic rings. The van der Waals surface area contributed by atoms with E-state index >= 15 is 0 Å². The number of aryl methyl sites for hydroxylation is 2. The SMILES string of the molecule is CCc1nc2n(n1)C[C@@H](NCC(=O)NCc1ccco1)CC2. The van der Waals surface area contributed by atoms with Crippen LogP contribution in [0.1, 0.15) is 30.8 Å². The molecule has 1 atom stereocenters. The smallest absolute Gasteiger partial charge is 0.234 e. The zero-order chi connectivity index (χ0) is 15.4. The Bertz CT molecular complexity index is 620. The van der Waals surface area contributed by atoms with Crippen molar-refractivity contribution in [3.63, 3.8) is 0 Å². The van der Waals surface area contributed by atoms with Gasteiger partial charge in [0.2, 0.25) is 5.91 Å². The Labute approximate surface area is 129 Å². The summed E-state index contributed by atoms with van der Waals surface area (Å²) in [4.78, 5) is 16.3. The predicted molar refractivity (Wildman–Crippen MR) is 80.1 cm³/mol. The van der Waals surface area contributed by atoms with Crippen molar-refractivity contribution in [2.75, 3.05) is 6.54 Å². The quantitative estimate of drug-likeness (QED) is 0.818. The Morgan fingerprint density at radius 3 is 3.23 bits per heavy atom. The predicted octanol–water partition coefficient (Wildman–Crippen LogP) is 0.654. The highest BCUT2D eigenvalue weighted by Gasteiger charge is 2.21. The summed E-state index contributed by atoms with van der Waals surface area (Å²) in [6, 6.07) is 3.90. The maximum absolute atomic E-state index is 11.8. The molecule has 0 unspecified atom stereocenters. The number of amides is 1. The van der Waals surface area contributed by atoms with Crippen LogP contribution in [0.3, 0.4) is 0 Å². The second-order valence-electron chi connectivity index (χ2n) is 5.45. The van der Waals surface area contributed by atoms with E-state index in [1.807, 2.05) is 16.8 Å². The minimum Gasteiger partial charge on any atom is -0.467 e. The van der Waals surface area contributed by atoms with E-state index in [9.17, 15) is 4.79 Å². The lowest BCUT2D eigenvalue weighted by Gasteiger charge is -2.23. The fraction of sp³-hybridized carbons (Fsp3) is 0.533. The monoisotopic (exact) mass is 303 g/mol. The molecule has 2 aromatic rings. The van der Waals surface area contributed by atoms with Crippen molar-refractivity contribution < 1.29 is 9.21 Å². The topological polar surface area (TPSA) is 85.0 Å². The Morgan fingerprint density at radius 2 is 2.45 bits per heavy atom. The number of aromatic nitrogens is 3. The van der Waals surface area contributed by atoms with Crippen LogP contribution in [0.25, 0.3) is 0 Å². The second-order valence-corrected chi connectivity index (χ2v) is 5.45. The van der Waals surface area contributed by atoms with E-state index < -0.39 is 0 Å². The molecule has 0 aliphatic carbocycles. The number of hydrogen-bond donors (Lipinski definition) is 2. The lowest BCUT2D eigenvalue weighted by molar-refractivity contribution is -0.120. The van der Waals surface area contributed by atoms with Crippen LogP contribution in [-0.4, -0.2) is 33.3 Å². The Kier molecular flexibility index (Phi) is 4.53. The molecule has 3 heterocycles. The van der Waals surface area contributed by atoms with Crippen LogP contribution in [0.15, 0.2) is 22.8 Å². The van der Waals surface area contributed by atoms with Gasteiger partial charge in [-0.1, -0.05) is 6.92 Å². The molecule has 0 bridgehead atoms. The van der Waals surface area contributed by atoms with E-state index in [0.29, 0.717) is 13.1 Å². The number of nitrogens with zero attached hydrogens (tertiary/aromatic N) is 3. The van der Waals surface area contributed by atoms with Crippen molar-refractivity contribution in [2.45, 2.75) is 45.3 Å². The first-order valence-corrected chi connectivity index (χ1v) is 7.69. The molecule has 0 spiro atoms. The van der Waals surface area contributed by atoms with Crippen molar-refractivity contribution in [1.82, 2.24) is 25.4 Å². The fourth-order valence-electron chi connectivity index (χ4n) is 2.58. The van der Waals surface area contributed by atoms with Gasteiger partial charge in [-0.3, -0.25) is 4.79 Å². The van der Waals surface area contributed by atoms with Gasteiger partial charge in [0, 0.05) is 18.9 Å². The number of nitrogens with one attached hydrogen (secondary N) is 2. The summed E-state index contributed by atoms with van der Waals surface area (Å²) in [5, 5.41) is 10.6. The molecule has 3 rings (SSSR count). The van der Waals surface area contributed by atoms with Crippen LogP contribution in [0.4, 0.5) is 0 Å². The largest absolute Gasteiger partial charge is 0.467 e. The first-order valence-electron chi connectivity index (χ1n) is 7.69. The number of carbonyl (C=O) groups is 1. The molecular weight excluding hydrogens is 282 g/mol. The van der Waals surface area contributed by atoms with E-state index in [2.05, 4.69) is 27.6 Å². The Balaban J connectivity index is 1.43. The average molecular weight is 303 g/mol. The third-order valence-corrected chi connectivity index (χ3v) is 3.81. The lowest BCUT2D eigenvalue weighted by atomic mass is 10.1. The van der Waals surface area contributed by atoms with Crippen LogP contribution in [0.2, 0.25) is 0 Å². The first-order chi connectivity index (χ1) is 10.7. The van der Waals surface area contributed by atoms with Crippen molar-refractivity contribution in [1.29, 1.82) is 0 Å². The standard InChI is InChI=1S/C15H21N5O2/c1-2-13-18-14-6-5-11(10-20(14)19-13)16-9-15(21)17-8-12-4-3-7-22-12/h3-4,7,11,16H,2,5-6,8-10H2,1H3,(H,17,21)/t11-/m0/s1. The van der Waals surface area contributed by atoms with Gasteiger partial charge < -0.3 is 15.1 Å². The summed E-state index contributed by atoms with van der Waals surface area (Å²) < 4.78 is 7.14. The summed E-state index contributed by atoms with van der Waals surface area (Å²) in [5.41, 5.74) is 0. The zero-order valence-corrected chi connectivity index (χ0v) is 12.7. The molecule has 1 aliphatic heterocycles. The van der Waals surface area contributed by atoms with Gasteiger partial charge in [0.15, 0.2) is 5.82 Å². The van der Waals surface area contributed by atoms with E-state index in [-0.39, 0.29) is 11.9 Å². The molecule has 2 N–H and O–H groups in total. The van der Waals surface area contributed by atoms with E-state index in [0.717, 1.165) is 43.2 Å². The Morgan fingerprint density at radius 1 is 1.55 bits per heavy atom. The van der Waals surface area contributed by atoms with Gasteiger partial charge in [0.05, 0.1) is 25.9 Å². The summed E-state index contributed by atoms with van der Waals surface area (Å²) in [6.45, 7) is 3.55. The summed E-state index contributed by atoms with van der Waals surface area (Å²) in [6.07, 6.45) is 4.33. The summed E-state index contributed by atoms with van der Waals surface area (Å²) in [5.74, 6) is 2.67. The van der Waals surface area contributed by atoms with Crippen LogP contribution in [0.5, 0.6) is 0 Å².